The Hall–Kier alpha value is -2.33. The molecule has 0 saturated carbocycles. The number of nitrogens with zero attached hydrogens (tertiary/aromatic N) is 2. The van der Waals surface area contributed by atoms with Crippen LogP contribution in [0.3, 0.4) is 0 Å². The fraction of sp³-hybridized carbons (Fsp3) is 0.278. The normalized spacial score (nSPS) is 11.3. The molecule has 0 aliphatic rings. The SMILES string of the molecule is Cc1ccc(/C=C\C(=O)N(CCN(C)C)c2ccccc2)o1. The van der Waals surface area contributed by atoms with E-state index in [1.807, 2.05) is 63.5 Å². The highest BCUT2D eigenvalue weighted by molar-refractivity contribution is 6.03. The first kappa shape index (κ1) is 16.0. The zero-order valence-electron chi connectivity index (χ0n) is 13.3. The zero-order valence-corrected chi connectivity index (χ0v) is 13.3. The van der Waals surface area contributed by atoms with Gasteiger partial charge in [0.15, 0.2) is 0 Å². The Kier molecular flexibility index (Phi) is 5.55. The van der Waals surface area contributed by atoms with Gasteiger partial charge in [0, 0.05) is 24.9 Å². The van der Waals surface area contributed by atoms with E-state index in [2.05, 4.69) is 4.90 Å². The molecule has 1 amide bonds. The topological polar surface area (TPSA) is 36.7 Å². The fourth-order valence-corrected chi connectivity index (χ4v) is 2.06. The summed E-state index contributed by atoms with van der Waals surface area (Å²) in [5, 5.41) is 0. The lowest BCUT2D eigenvalue weighted by atomic mass is 10.2. The molecule has 2 rings (SSSR count). The van der Waals surface area contributed by atoms with Gasteiger partial charge in [-0.05, 0) is 51.4 Å². The number of likely N-dealkylation sites (N-methyl/N-ethyl adjacent to an activating group) is 1. The summed E-state index contributed by atoms with van der Waals surface area (Å²) in [7, 11) is 3.99. The molecule has 4 heteroatoms. The van der Waals surface area contributed by atoms with Crippen molar-refractivity contribution < 1.29 is 9.21 Å². The molecule has 0 fully saturated rings. The summed E-state index contributed by atoms with van der Waals surface area (Å²) in [5.41, 5.74) is 0.898. The Morgan fingerprint density at radius 2 is 1.82 bits per heavy atom. The highest BCUT2D eigenvalue weighted by Gasteiger charge is 2.13. The lowest BCUT2D eigenvalue weighted by molar-refractivity contribution is -0.114. The molecule has 0 aliphatic heterocycles. The van der Waals surface area contributed by atoms with E-state index in [-0.39, 0.29) is 5.91 Å². The maximum Gasteiger partial charge on any atom is 0.251 e. The van der Waals surface area contributed by atoms with E-state index in [0.717, 1.165) is 18.0 Å². The van der Waals surface area contributed by atoms with Crippen molar-refractivity contribution in [2.45, 2.75) is 6.92 Å². The maximum atomic E-state index is 12.5. The fourth-order valence-electron chi connectivity index (χ4n) is 2.06. The number of aryl methyl sites for hydroxylation is 1. The van der Waals surface area contributed by atoms with E-state index in [1.165, 1.54) is 0 Å². The largest absolute Gasteiger partial charge is 0.462 e. The molecule has 1 aromatic heterocycles. The zero-order chi connectivity index (χ0) is 15.9. The van der Waals surface area contributed by atoms with E-state index in [0.29, 0.717) is 12.3 Å². The number of benzene rings is 1. The number of anilines is 1. The molecular formula is C18H22N2O2. The second kappa shape index (κ2) is 7.61. The summed E-state index contributed by atoms with van der Waals surface area (Å²) in [5.74, 6) is 1.47. The third-order valence-corrected chi connectivity index (χ3v) is 3.26. The minimum absolute atomic E-state index is 0.0536. The lowest BCUT2D eigenvalue weighted by Crippen LogP contribution is -2.35. The van der Waals surface area contributed by atoms with Crippen LogP contribution < -0.4 is 4.90 Å². The second-order valence-corrected chi connectivity index (χ2v) is 5.41. The quantitative estimate of drug-likeness (QED) is 0.769. The predicted octanol–water partition coefficient (Wildman–Crippen LogP) is 3.20. The Bertz CT molecular complexity index is 630. The molecule has 1 heterocycles. The monoisotopic (exact) mass is 298 g/mol. The number of carbonyl (C=O) groups excluding carboxylic acids is 1. The molecule has 1 aromatic carbocycles. The van der Waals surface area contributed by atoms with Gasteiger partial charge in [0.25, 0.3) is 5.91 Å². The number of amides is 1. The van der Waals surface area contributed by atoms with E-state index in [1.54, 1.807) is 17.1 Å². The van der Waals surface area contributed by atoms with Gasteiger partial charge >= 0.3 is 0 Å². The molecule has 22 heavy (non-hydrogen) atoms. The van der Waals surface area contributed by atoms with Crippen LogP contribution in [0.25, 0.3) is 6.08 Å². The van der Waals surface area contributed by atoms with Crippen molar-refractivity contribution in [1.82, 2.24) is 4.90 Å². The average molecular weight is 298 g/mol. The van der Waals surface area contributed by atoms with Gasteiger partial charge < -0.3 is 14.2 Å². The third kappa shape index (κ3) is 4.60. The van der Waals surface area contributed by atoms with Crippen LogP contribution in [0.2, 0.25) is 0 Å². The van der Waals surface area contributed by atoms with Gasteiger partial charge in [-0.2, -0.15) is 0 Å². The standard InChI is InChI=1S/C18H22N2O2/c1-15-9-10-17(22-15)11-12-18(21)20(14-13-19(2)3)16-7-5-4-6-8-16/h4-12H,13-14H2,1-3H3/b12-11-. The van der Waals surface area contributed by atoms with Crippen molar-refractivity contribution >= 4 is 17.7 Å². The molecule has 2 aromatic rings. The first-order valence-corrected chi connectivity index (χ1v) is 7.32. The van der Waals surface area contributed by atoms with Crippen LogP contribution >= 0.6 is 0 Å². The average Bonchev–Trinajstić information content (AvgIpc) is 2.92. The molecule has 0 radical (unpaired) electrons. The number of para-hydroxylation sites is 1. The Labute approximate surface area is 131 Å². The van der Waals surface area contributed by atoms with Crippen LogP contribution in [0.5, 0.6) is 0 Å². The van der Waals surface area contributed by atoms with Crippen LogP contribution in [0, 0.1) is 6.92 Å². The van der Waals surface area contributed by atoms with E-state index < -0.39 is 0 Å². The van der Waals surface area contributed by atoms with Gasteiger partial charge in [-0.1, -0.05) is 18.2 Å². The van der Waals surface area contributed by atoms with Crippen molar-refractivity contribution in [3.05, 3.63) is 60.1 Å². The first-order valence-electron chi connectivity index (χ1n) is 7.32. The van der Waals surface area contributed by atoms with Crippen molar-refractivity contribution in [2.75, 3.05) is 32.1 Å². The summed E-state index contributed by atoms with van der Waals surface area (Å²) < 4.78 is 5.45. The molecule has 0 atom stereocenters. The summed E-state index contributed by atoms with van der Waals surface area (Å²) in [4.78, 5) is 16.3. The number of rotatable bonds is 6. The van der Waals surface area contributed by atoms with Gasteiger partial charge in [-0.3, -0.25) is 4.79 Å². The third-order valence-electron chi connectivity index (χ3n) is 3.26. The molecule has 4 nitrogen and oxygen atoms in total. The smallest absolute Gasteiger partial charge is 0.251 e. The van der Waals surface area contributed by atoms with E-state index in [9.17, 15) is 4.79 Å². The molecular weight excluding hydrogens is 276 g/mol. The minimum Gasteiger partial charge on any atom is -0.462 e. The maximum absolute atomic E-state index is 12.5. The van der Waals surface area contributed by atoms with Gasteiger partial charge in [0.1, 0.15) is 11.5 Å². The van der Waals surface area contributed by atoms with Crippen molar-refractivity contribution in [3.8, 4) is 0 Å². The number of carbonyl (C=O) groups is 1. The van der Waals surface area contributed by atoms with Crippen LogP contribution in [-0.2, 0) is 4.79 Å². The Balaban J connectivity index is 2.13. The van der Waals surface area contributed by atoms with Gasteiger partial charge in [0.2, 0.25) is 0 Å². The molecule has 0 bridgehead atoms. The van der Waals surface area contributed by atoms with Crippen molar-refractivity contribution in [2.24, 2.45) is 0 Å². The molecule has 0 spiro atoms. The van der Waals surface area contributed by atoms with E-state index in [4.69, 9.17) is 4.42 Å². The second-order valence-electron chi connectivity index (χ2n) is 5.41. The van der Waals surface area contributed by atoms with Crippen LogP contribution in [0.4, 0.5) is 5.69 Å². The van der Waals surface area contributed by atoms with Gasteiger partial charge in [-0.15, -0.1) is 0 Å². The molecule has 0 N–H and O–H groups in total. The Morgan fingerprint density at radius 1 is 1.09 bits per heavy atom. The number of hydrogen-bond donors (Lipinski definition) is 0. The molecule has 0 saturated heterocycles. The van der Waals surface area contributed by atoms with Crippen LogP contribution in [0.15, 0.2) is 53.0 Å². The van der Waals surface area contributed by atoms with Crippen LogP contribution in [-0.4, -0.2) is 38.0 Å². The predicted molar refractivity (Wildman–Crippen MR) is 89.8 cm³/mol. The highest BCUT2D eigenvalue weighted by atomic mass is 16.3. The van der Waals surface area contributed by atoms with Crippen molar-refractivity contribution in [1.29, 1.82) is 0 Å². The van der Waals surface area contributed by atoms with Crippen LogP contribution in [0.1, 0.15) is 11.5 Å². The summed E-state index contributed by atoms with van der Waals surface area (Å²) in [6.07, 6.45) is 3.27. The molecule has 116 valence electrons. The minimum atomic E-state index is -0.0536. The first-order chi connectivity index (χ1) is 10.6. The summed E-state index contributed by atoms with van der Waals surface area (Å²) >= 11 is 0. The van der Waals surface area contributed by atoms with E-state index >= 15 is 0 Å². The number of hydrogen-bond acceptors (Lipinski definition) is 3. The highest BCUT2D eigenvalue weighted by Crippen LogP contribution is 2.15. The summed E-state index contributed by atoms with van der Waals surface area (Å²) in [6, 6.07) is 13.4. The summed E-state index contributed by atoms with van der Waals surface area (Å²) in [6.45, 7) is 3.32. The lowest BCUT2D eigenvalue weighted by Gasteiger charge is -2.23. The van der Waals surface area contributed by atoms with Crippen molar-refractivity contribution in [3.63, 3.8) is 0 Å². The number of furan rings is 1. The Morgan fingerprint density at radius 3 is 2.41 bits per heavy atom. The van der Waals surface area contributed by atoms with Gasteiger partial charge in [-0.25, -0.2) is 0 Å². The van der Waals surface area contributed by atoms with Gasteiger partial charge in [0.05, 0.1) is 0 Å². The molecule has 0 unspecified atom stereocenters. The molecule has 0 aliphatic carbocycles.